The molecule has 3 heteroatoms. The number of pyridine rings is 1. The maximum atomic E-state index is 10.5. The molecule has 1 aromatic heterocycles. The van der Waals surface area contributed by atoms with E-state index in [4.69, 9.17) is 0 Å². The average Bonchev–Trinajstić information content (AvgIpc) is 2.38. The Kier molecular flexibility index (Phi) is 5.28. The molecule has 18 heavy (non-hydrogen) atoms. The third-order valence-electron chi connectivity index (χ3n) is 2.61. The van der Waals surface area contributed by atoms with Crippen LogP contribution in [0.1, 0.15) is 21.6 Å². The quantitative estimate of drug-likeness (QED) is 0.614. The number of nitrogens with zero attached hydrogens (tertiary/aromatic N) is 1. The third kappa shape index (κ3) is 3.54. The van der Waals surface area contributed by atoms with Gasteiger partial charge in [-0.15, -0.1) is 12.4 Å². The van der Waals surface area contributed by atoms with Crippen molar-refractivity contribution in [1.29, 1.82) is 0 Å². The Morgan fingerprint density at radius 1 is 0.944 bits per heavy atom. The van der Waals surface area contributed by atoms with Crippen LogP contribution in [0.25, 0.3) is 12.2 Å². The van der Waals surface area contributed by atoms with Crippen LogP contribution in [0.4, 0.5) is 0 Å². The Bertz CT molecular complexity index is 547. The molecule has 0 N–H and O–H groups in total. The SMILES string of the molecule is C[n+]1ccccc1C=Cc1ccc(C=O)cc1.Cl. The number of carbonyl (C=O) groups excluding carboxylic acids is 1. The number of hydrogen-bond donors (Lipinski definition) is 0. The molecule has 0 atom stereocenters. The topological polar surface area (TPSA) is 20.9 Å². The van der Waals surface area contributed by atoms with Gasteiger partial charge in [-0.05, 0) is 17.7 Å². The van der Waals surface area contributed by atoms with Gasteiger partial charge >= 0.3 is 0 Å². The highest BCUT2D eigenvalue weighted by molar-refractivity contribution is 5.85. The summed E-state index contributed by atoms with van der Waals surface area (Å²) in [5.41, 5.74) is 2.92. The smallest absolute Gasteiger partial charge is 0.204 e. The lowest BCUT2D eigenvalue weighted by molar-refractivity contribution is -0.673. The van der Waals surface area contributed by atoms with E-state index < -0.39 is 0 Å². The molecule has 0 spiro atoms. The minimum atomic E-state index is 0. The summed E-state index contributed by atoms with van der Waals surface area (Å²) in [6, 6.07) is 13.6. The average molecular weight is 261 g/mol. The second-order valence-corrected chi connectivity index (χ2v) is 3.85. The highest BCUT2D eigenvalue weighted by Crippen LogP contribution is 2.06. The van der Waals surface area contributed by atoms with E-state index in [9.17, 15) is 4.79 Å². The van der Waals surface area contributed by atoms with Gasteiger partial charge in [0.05, 0.1) is 0 Å². The van der Waals surface area contributed by atoms with Crippen LogP contribution < -0.4 is 4.57 Å². The zero-order chi connectivity index (χ0) is 12.1. The minimum absolute atomic E-state index is 0. The van der Waals surface area contributed by atoms with E-state index in [1.807, 2.05) is 55.7 Å². The van der Waals surface area contributed by atoms with Gasteiger partial charge in [0.2, 0.25) is 5.69 Å². The monoisotopic (exact) mass is 260 g/mol. The van der Waals surface area contributed by atoms with E-state index in [1.165, 1.54) is 0 Å². The molecule has 0 aliphatic rings. The van der Waals surface area contributed by atoms with Gasteiger partial charge in [0, 0.05) is 23.8 Å². The summed E-state index contributed by atoms with van der Waals surface area (Å²) in [4.78, 5) is 10.5. The first-order valence-electron chi connectivity index (χ1n) is 5.47. The van der Waals surface area contributed by atoms with Crippen molar-refractivity contribution in [2.75, 3.05) is 0 Å². The van der Waals surface area contributed by atoms with Crippen molar-refractivity contribution in [3.8, 4) is 0 Å². The number of benzene rings is 1. The predicted molar refractivity (Wildman–Crippen MR) is 75.6 cm³/mol. The van der Waals surface area contributed by atoms with Crippen molar-refractivity contribution < 1.29 is 9.36 Å². The number of aromatic nitrogens is 1. The Balaban J connectivity index is 0.00000162. The molecule has 0 amide bonds. The van der Waals surface area contributed by atoms with E-state index >= 15 is 0 Å². The molecule has 0 saturated carbocycles. The zero-order valence-corrected chi connectivity index (χ0v) is 10.9. The van der Waals surface area contributed by atoms with Crippen molar-refractivity contribution in [2.24, 2.45) is 7.05 Å². The molecule has 0 fully saturated rings. The first-order chi connectivity index (χ1) is 8.29. The van der Waals surface area contributed by atoms with E-state index in [1.54, 1.807) is 0 Å². The number of halogens is 1. The standard InChI is InChI=1S/C15H14NO.ClH/c1-16-11-3-2-4-15(16)10-9-13-5-7-14(12-17)8-6-13;/h2-12H,1H3;1H/q+1;. The Hall–Kier alpha value is -1.93. The van der Waals surface area contributed by atoms with Crippen LogP contribution in [0.5, 0.6) is 0 Å². The molecular formula is C15H15ClNO+. The fraction of sp³-hybridized carbons (Fsp3) is 0.0667. The molecule has 1 heterocycles. The zero-order valence-electron chi connectivity index (χ0n) is 10.1. The molecule has 0 aliphatic carbocycles. The lowest BCUT2D eigenvalue weighted by Crippen LogP contribution is -2.30. The summed E-state index contributed by atoms with van der Waals surface area (Å²) in [6.07, 6.45) is 6.94. The molecular weight excluding hydrogens is 246 g/mol. The second kappa shape index (κ2) is 6.72. The first kappa shape index (κ1) is 14.1. The van der Waals surface area contributed by atoms with Gasteiger partial charge in [-0.2, -0.15) is 0 Å². The van der Waals surface area contributed by atoms with Crippen LogP contribution in [0.3, 0.4) is 0 Å². The number of hydrogen-bond acceptors (Lipinski definition) is 1. The first-order valence-corrected chi connectivity index (χ1v) is 5.47. The number of rotatable bonds is 3. The summed E-state index contributed by atoms with van der Waals surface area (Å²) >= 11 is 0. The van der Waals surface area contributed by atoms with Crippen molar-refractivity contribution in [3.05, 3.63) is 65.5 Å². The number of carbonyl (C=O) groups is 1. The summed E-state index contributed by atoms with van der Waals surface area (Å²) < 4.78 is 2.05. The van der Waals surface area contributed by atoms with E-state index in [0.29, 0.717) is 5.56 Å². The molecule has 0 saturated heterocycles. The highest BCUT2D eigenvalue weighted by atomic mass is 35.5. The number of aldehydes is 1. The van der Waals surface area contributed by atoms with Gasteiger partial charge in [-0.25, -0.2) is 4.57 Å². The van der Waals surface area contributed by atoms with Gasteiger partial charge in [-0.1, -0.05) is 24.3 Å². The third-order valence-corrected chi connectivity index (χ3v) is 2.61. The van der Waals surface area contributed by atoms with Crippen LogP contribution in [-0.4, -0.2) is 6.29 Å². The summed E-state index contributed by atoms with van der Waals surface area (Å²) in [7, 11) is 2.01. The predicted octanol–water partition coefficient (Wildman–Crippen LogP) is 2.92. The van der Waals surface area contributed by atoms with E-state index in [-0.39, 0.29) is 12.4 Å². The maximum absolute atomic E-state index is 10.5. The normalized spacial score (nSPS) is 10.1. The van der Waals surface area contributed by atoms with Crippen LogP contribution in [0.2, 0.25) is 0 Å². The number of aryl methyl sites for hydroxylation is 1. The molecule has 2 aromatic rings. The van der Waals surface area contributed by atoms with Crippen LogP contribution in [-0.2, 0) is 7.05 Å². The summed E-state index contributed by atoms with van der Waals surface area (Å²) in [5.74, 6) is 0. The molecule has 92 valence electrons. The lowest BCUT2D eigenvalue weighted by Gasteiger charge is -1.94. The molecule has 0 unspecified atom stereocenters. The molecule has 2 nitrogen and oxygen atoms in total. The van der Waals surface area contributed by atoms with Crippen LogP contribution >= 0.6 is 12.4 Å². The molecule has 0 aliphatic heterocycles. The molecule has 2 rings (SSSR count). The fourth-order valence-electron chi connectivity index (χ4n) is 1.58. The van der Waals surface area contributed by atoms with Crippen molar-refractivity contribution in [3.63, 3.8) is 0 Å². The molecule has 0 radical (unpaired) electrons. The maximum Gasteiger partial charge on any atom is 0.204 e. The molecule has 0 bridgehead atoms. The van der Waals surface area contributed by atoms with E-state index in [0.717, 1.165) is 17.5 Å². The summed E-state index contributed by atoms with van der Waals surface area (Å²) in [6.45, 7) is 0. The van der Waals surface area contributed by atoms with Crippen molar-refractivity contribution >= 4 is 30.8 Å². The Morgan fingerprint density at radius 3 is 2.22 bits per heavy atom. The minimum Gasteiger partial charge on any atom is -0.298 e. The van der Waals surface area contributed by atoms with E-state index in [2.05, 4.69) is 16.7 Å². The molecule has 1 aromatic carbocycles. The van der Waals surface area contributed by atoms with Crippen molar-refractivity contribution in [2.45, 2.75) is 0 Å². The van der Waals surface area contributed by atoms with Gasteiger partial charge < -0.3 is 0 Å². The fourth-order valence-corrected chi connectivity index (χ4v) is 1.58. The van der Waals surface area contributed by atoms with Crippen LogP contribution in [0, 0.1) is 0 Å². The Morgan fingerprint density at radius 2 is 1.61 bits per heavy atom. The highest BCUT2D eigenvalue weighted by Gasteiger charge is 1.98. The van der Waals surface area contributed by atoms with Gasteiger partial charge in [0.1, 0.15) is 13.3 Å². The largest absolute Gasteiger partial charge is 0.298 e. The van der Waals surface area contributed by atoms with Crippen molar-refractivity contribution in [1.82, 2.24) is 0 Å². The van der Waals surface area contributed by atoms with Gasteiger partial charge in [-0.3, -0.25) is 4.79 Å². The van der Waals surface area contributed by atoms with Gasteiger partial charge in [0.25, 0.3) is 0 Å². The Labute approximate surface area is 113 Å². The summed E-state index contributed by atoms with van der Waals surface area (Å²) in [5, 5.41) is 0. The lowest BCUT2D eigenvalue weighted by atomic mass is 10.1. The second-order valence-electron chi connectivity index (χ2n) is 3.85. The van der Waals surface area contributed by atoms with Gasteiger partial charge in [0.15, 0.2) is 6.20 Å². The van der Waals surface area contributed by atoms with Crippen LogP contribution in [0.15, 0.2) is 48.7 Å².